The number of hydrogen-bond acceptors (Lipinski definition) is 5. The summed E-state index contributed by atoms with van der Waals surface area (Å²) in [6.45, 7) is 3.55. The van der Waals surface area contributed by atoms with Crippen LogP contribution in [-0.4, -0.2) is 38.4 Å². The van der Waals surface area contributed by atoms with Gasteiger partial charge in [0.25, 0.3) is 10.0 Å². The lowest BCUT2D eigenvalue weighted by atomic mass is 10.6. The van der Waals surface area contributed by atoms with Gasteiger partial charge in [0.05, 0.1) is 10.4 Å². The summed E-state index contributed by atoms with van der Waals surface area (Å²) in [4.78, 5) is 11.4. The minimum absolute atomic E-state index is 0.209. The first kappa shape index (κ1) is 15.6. The largest absolute Gasteiger partial charge is 0.465 e. The summed E-state index contributed by atoms with van der Waals surface area (Å²) >= 11 is 4.33. The second kappa shape index (κ2) is 6.65. The van der Waals surface area contributed by atoms with E-state index >= 15 is 0 Å². The van der Waals surface area contributed by atoms with Gasteiger partial charge in [-0.15, -0.1) is 11.3 Å². The van der Waals surface area contributed by atoms with E-state index in [1.165, 1.54) is 6.07 Å². The van der Waals surface area contributed by atoms with Gasteiger partial charge < -0.3 is 4.74 Å². The summed E-state index contributed by atoms with van der Waals surface area (Å²) in [5.74, 6) is -0.543. The number of halogens is 1. The molecule has 0 aliphatic carbocycles. The summed E-state index contributed by atoms with van der Waals surface area (Å²) in [6.07, 6.45) is 0. The Morgan fingerprint density at radius 1 is 1.44 bits per heavy atom. The fraction of sp³-hybridized carbons (Fsp3) is 0.500. The van der Waals surface area contributed by atoms with Crippen molar-refractivity contribution in [3.8, 4) is 0 Å². The van der Waals surface area contributed by atoms with E-state index in [2.05, 4.69) is 15.9 Å². The van der Waals surface area contributed by atoms with Crippen LogP contribution in [0.25, 0.3) is 0 Å². The molecule has 8 heteroatoms. The van der Waals surface area contributed by atoms with Gasteiger partial charge in [0.1, 0.15) is 10.8 Å². The van der Waals surface area contributed by atoms with Gasteiger partial charge in [-0.25, -0.2) is 8.42 Å². The smallest absolute Gasteiger partial charge is 0.321 e. The van der Waals surface area contributed by atoms with Crippen LogP contribution in [0.4, 0.5) is 0 Å². The zero-order valence-electron chi connectivity index (χ0n) is 10.1. The minimum Gasteiger partial charge on any atom is -0.465 e. The van der Waals surface area contributed by atoms with Gasteiger partial charge in [0, 0.05) is 6.54 Å². The number of esters is 1. The third kappa shape index (κ3) is 3.78. The Morgan fingerprint density at radius 3 is 2.56 bits per heavy atom. The molecule has 0 fully saturated rings. The van der Waals surface area contributed by atoms with E-state index in [0.717, 1.165) is 19.4 Å². The number of carbonyl (C=O) groups is 1. The molecule has 1 rings (SSSR count). The number of sulfonamides is 1. The van der Waals surface area contributed by atoms with E-state index in [0.29, 0.717) is 0 Å². The molecule has 0 amide bonds. The summed E-state index contributed by atoms with van der Waals surface area (Å²) in [6, 6.07) is 3.17. The lowest BCUT2D eigenvalue weighted by Crippen LogP contribution is -2.35. The van der Waals surface area contributed by atoms with Crippen LogP contribution in [0.2, 0.25) is 0 Å². The average Bonchev–Trinajstić information content (AvgIpc) is 2.73. The maximum atomic E-state index is 12.2. The second-order valence-electron chi connectivity index (χ2n) is 3.29. The lowest BCUT2D eigenvalue weighted by molar-refractivity contribution is -0.143. The number of thiophene rings is 1. The van der Waals surface area contributed by atoms with E-state index in [1.54, 1.807) is 19.9 Å². The average molecular weight is 356 g/mol. The maximum absolute atomic E-state index is 12.2. The van der Waals surface area contributed by atoms with E-state index < -0.39 is 16.0 Å². The van der Waals surface area contributed by atoms with Gasteiger partial charge in [-0.05, 0) is 35.0 Å². The summed E-state index contributed by atoms with van der Waals surface area (Å²) < 4.78 is 31.2. The van der Waals surface area contributed by atoms with Crippen molar-refractivity contribution in [2.24, 2.45) is 0 Å². The van der Waals surface area contributed by atoms with Crippen molar-refractivity contribution < 1.29 is 17.9 Å². The Bertz CT molecular complexity index is 512. The molecule has 0 N–H and O–H groups in total. The number of hydrogen-bond donors (Lipinski definition) is 0. The Morgan fingerprint density at radius 2 is 2.11 bits per heavy atom. The monoisotopic (exact) mass is 355 g/mol. The highest BCUT2D eigenvalue weighted by atomic mass is 79.9. The van der Waals surface area contributed by atoms with Crippen LogP contribution in [0.3, 0.4) is 0 Å². The van der Waals surface area contributed by atoms with Gasteiger partial charge >= 0.3 is 5.97 Å². The Balaban J connectivity index is 2.90. The van der Waals surface area contributed by atoms with E-state index in [-0.39, 0.29) is 23.9 Å². The summed E-state index contributed by atoms with van der Waals surface area (Å²) in [7, 11) is -3.62. The molecule has 0 bridgehead atoms. The number of likely N-dealkylation sites (N-methyl/N-ethyl adjacent to an activating group) is 1. The van der Waals surface area contributed by atoms with Gasteiger partial charge in [-0.3, -0.25) is 4.79 Å². The fourth-order valence-electron chi connectivity index (χ4n) is 1.28. The molecule has 1 aromatic rings. The maximum Gasteiger partial charge on any atom is 0.321 e. The standard InChI is InChI=1S/C10H14BrNO4S2/c1-3-12(7-9(13)16-4-2)18(14,15)10-6-5-8(11)17-10/h5-6H,3-4,7H2,1-2H3. The molecule has 0 aromatic carbocycles. The highest BCUT2D eigenvalue weighted by Gasteiger charge is 2.27. The highest BCUT2D eigenvalue weighted by Crippen LogP contribution is 2.28. The predicted molar refractivity (Wildman–Crippen MR) is 73.1 cm³/mol. The van der Waals surface area contributed by atoms with Crippen LogP contribution in [0.1, 0.15) is 13.8 Å². The topological polar surface area (TPSA) is 63.7 Å². The third-order valence-corrected chi connectivity index (χ3v) is 6.12. The number of nitrogens with zero attached hydrogens (tertiary/aromatic N) is 1. The van der Waals surface area contributed by atoms with Crippen molar-refractivity contribution in [2.45, 2.75) is 18.1 Å². The zero-order valence-corrected chi connectivity index (χ0v) is 13.3. The van der Waals surface area contributed by atoms with Crippen molar-refractivity contribution in [3.05, 3.63) is 15.9 Å². The molecular formula is C10H14BrNO4S2. The van der Waals surface area contributed by atoms with Gasteiger partial charge in [-0.2, -0.15) is 4.31 Å². The number of ether oxygens (including phenoxy) is 1. The van der Waals surface area contributed by atoms with E-state index in [1.807, 2.05) is 0 Å². The molecule has 1 aromatic heterocycles. The Labute approximate surface area is 119 Å². The van der Waals surface area contributed by atoms with Crippen LogP contribution >= 0.6 is 27.3 Å². The molecular weight excluding hydrogens is 342 g/mol. The van der Waals surface area contributed by atoms with Crippen molar-refractivity contribution in [1.29, 1.82) is 0 Å². The highest BCUT2D eigenvalue weighted by molar-refractivity contribution is 9.11. The van der Waals surface area contributed by atoms with Crippen molar-refractivity contribution in [3.63, 3.8) is 0 Å². The summed E-state index contributed by atoms with van der Waals surface area (Å²) in [5, 5.41) is 0. The molecule has 0 atom stereocenters. The van der Waals surface area contributed by atoms with Crippen LogP contribution < -0.4 is 0 Å². The van der Waals surface area contributed by atoms with Crippen LogP contribution in [0, 0.1) is 0 Å². The SMILES string of the molecule is CCOC(=O)CN(CC)S(=O)(=O)c1ccc(Br)s1. The van der Waals surface area contributed by atoms with Gasteiger partial charge in [0.15, 0.2) is 0 Å². The molecule has 0 spiro atoms. The number of carbonyl (C=O) groups excluding carboxylic acids is 1. The van der Waals surface area contributed by atoms with Gasteiger partial charge in [-0.1, -0.05) is 6.92 Å². The quantitative estimate of drug-likeness (QED) is 0.732. The molecule has 0 radical (unpaired) electrons. The minimum atomic E-state index is -3.62. The first-order valence-corrected chi connectivity index (χ1v) is 8.37. The van der Waals surface area contributed by atoms with Crippen LogP contribution in [-0.2, 0) is 19.6 Å². The Kier molecular flexibility index (Phi) is 5.77. The molecule has 18 heavy (non-hydrogen) atoms. The summed E-state index contributed by atoms with van der Waals surface area (Å²) in [5.41, 5.74) is 0. The molecule has 5 nitrogen and oxygen atoms in total. The van der Waals surface area contributed by atoms with E-state index in [4.69, 9.17) is 4.74 Å². The predicted octanol–water partition coefficient (Wildman–Crippen LogP) is 2.08. The van der Waals surface area contributed by atoms with Gasteiger partial charge in [0.2, 0.25) is 0 Å². The van der Waals surface area contributed by atoms with Crippen LogP contribution in [0.15, 0.2) is 20.1 Å². The third-order valence-electron chi connectivity index (χ3n) is 2.11. The number of rotatable bonds is 6. The van der Waals surface area contributed by atoms with Crippen molar-refractivity contribution in [2.75, 3.05) is 19.7 Å². The Hall–Kier alpha value is -0.440. The molecule has 102 valence electrons. The molecule has 0 unspecified atom stereocenters. The molecule has 1 heterocycles. The zero-order chi connectivity index (χ0) is 13.8. The fourth-order valence-corrected chi connectivity index (χ4v) is 4.84. The van der Waals surface area contributed by atoms with Crippen molar-refractivity contribution >= 4 is 43.3 Å². The molecule has 0 aliphatic rings. The first-order valence-electron chi connectivity index (χ1n) is 5.33. The van der Waals surface area contributed by atoms with Crippen LogP contribution in [0.5, 0.6) is 0 Å². The molecule has 0 saturated carbocycles. The second-order valence-corrected chi connectivity index (χ2v) is 7.92. The molecule has 0 saturated heterocycles. The van der Waals surface area contributed by atoms with E-state index in [9.17, 15) is 13.2 Å². The molecule has 0 aliphatic heterocycles. The normalized spacial score (nSPS) is 11.8. The lowest BCUT2D eigenvalue weighted by Gasteiger charge is -2.18. The first-order chi connectivity index (χ1) is 8.41. The van der Waals surface area contributed by atoms with Crippen molar-refractivity contribution in [1.82, 2.24) is 4.31 Å².